The van der Waals surface area contributed by atoms with Gasteiger partial charge in [0.1, 0.15) is 17.2 Å². The summed E-state index contributed by atoms with van der Waals surface area (Å²) in [4.78, 5) is 26.9. The Bertz CT molecular complexity index is 875. The van der Waals surface area contributed by atoms with Crippen LogP contribution in [0.5, 0.6) is 17.2 Å². The van der Waals surface area contributed by atoms with Gasteiger partial charge in [0.05, 0.1) is 12.5 Å². The summed E-state index contributed by atoms with van der Waals surface area (Å²) in [6.45, 7) is 3.88. The third kappa shape index (κ3) is 5.12. The molecule has 1 unspecified atom stereocenters. The standard InChI is InChI=1S/C24H28N2O4/c1-2-29-20-11-13-22(14-12-20)30-21-9-7-19(8-10-21)25-23(27)18-4-3-15-26(16-18)24(28)17-5-6-17/h7-14,17-18H,2-6,15-16H2,1H3,(H,25,27). The zero-order valence-electron chi connectivity index (χ0n) is 17.3. The quantitative estimate of drug-likeness (QED) is 0.734. The van der Waals surface area contributed by atoms with E-state index in [1.807, 2.05) is 60.4 Å². The third-order valence-corrected chi connectivity index (χ3v) is 5.52. The lowest BCUT2D eigenvalue weighted by Crippen LogP contribution is -2.44. The fraction of sp³-hybridized carbons (Fsp3) is 0.417. The molecule has 1 N–H and O–H groups in total. The lowest BCUT2D eigenvalue weighted by atomic mass is 9.96. The van der Waals surface area contributed by atoms with Crippen molar-refractivity contribution in [3.05, 3.63) is 48.5 Å². The molecule has 2 aromatic carbocycles. The Kier molecular flexibility index (Phi) is 6.21. The normalized spacial score (nSPS) is 18.6. The van der Waals surface area contributed by atoms with E-state index in [2.05, 4.69) is 5.32 Å². The van der Waals surface area contributed by atoms with Gasteiger partial charge in [0.2, 0.25) is 11.8 Å². The number of hydrogen-bond donors (Lipinski definition) is 1. The Hall–Kier alpha value is -3.02. The number of ether oxygens (including phenoxy) is 2. The Balaban J connectivity index is 1.30. The molecule has 2 aliphatic rings. The van der Waals surface area contributed by atoms with E-state index in [-0.39, 0.29) is 23.7 Å². The zero-order valence-corrected chi connectivity index (χ0v) is 17.3. The molecular weight excluding hydrogens is 380 g/mol. The number of carbonyl (C=O) groups excluding carboxylic acids is 2. The Morgan fingerprint density at radius 3 is 2.20 bits per heavy atom. The molecule has 1 atom stereocenters. The Labute approximate surface area is 177 Å². The van der Waals surface area contributed by atoms with Crippen molar-refractivity contribution >= 4 is 17.5 Å². The number of benzene rings is 2. The molecule has 0 bridgehead atoms. The van der Waals surface area contributed by atoms with E-state index in [1.165, 1.54) is 0 Å². The number of rotatable bonds is 7. The van der Waals surface area contributed by atoms with Crippen molar-refractivity contribution in [1.29, 1.82) is 0 Å². The summed E-state index contributed by atoms with van der Waals surface area (Å²) < 4.78 is 11.3. The monoisotopic (exact) mass is 408 g/mol. The summed E-state index contributed by atoms with van der Waals surface area (Å²) in [5.41, 5.74) is 0.727. The minimum Gasteiger partial charge on any atom is -0.494 e. The maximum absolute atomic E-state index is 12.7. The first-order valence-corrected chi connectivity index (χ1v) is 10.7. The van der Waals surface area contributed by atoms with Crippen LogP contribution in [0.3, 0.4) is 0 Å². The van der Waals surface area contributed by atoms with Gasteiger partial charge in [0.15, 0.2) is 0 Å². The van der Waals surface area contributed by atoms with Crippen LogP contribution in [0.2, 0.25) is 0 Å². The highest BCUT2D eigenvalue weighted by atomic mass is 16.5. The third-order valence-electron chi connectivity index (χ3n) is 5.52. The number of hydrogen-bond acceptors (Lipinski definition) is 4. The fourth-order valence-corrected chi connectivity index (χ4v) is 3.74. The summed E-state index contributed by atoms with van der Waals surface area (Å²) in [5.74, 6) is 2.47. The van der Waals surface area contributed by atoms with Crippen LogP contribution in [0.1, 0.15) is 32.6 Å². The van der Waals surface area contributed by atoms with E-state index in [0.29, 0.717) is 18.9 Å². The molecule has 2 amide bonds. The van der Waals surface area contributed by atoms with Crippen LogP contribution in [0.4, 0.5) is 5.69 Å². The molecule has 1 heterocycles. The van der Waals surface area contributed by atoms with Gasteiger partial charge in [0, 0.05) is 24.7 Å². The van der Waals surface area contributed by atoms with Crippen molar-refractivity contribution in [2.75, 3.05) is 25.0 Å². The molecule has 0 radical (unpaired) electrons. The molecule has 1 aliphatic heterocycles. The highest BCUT2D eigenvalue weighted by molar-refractivity contribution is 5.93. The van der Waals surface area contributed by atoms with E-state index < -0.39 is 0 Å². The molecule has 2 fully saturated rings. The maximum Gasteiger partial charge on any atom is 0.229 e. The van der Waals surface area contributed by atoms with Crippen LogP contribution in [0.15, 0.2) is 48.5 Å². The minimum atomic E-state index is -0.152. The predicted octanol–water partition coefficient (Wildman–Crippen LogP) is 4.46. The van der Waals surface area contributed by atoms with Crippen molar-refractivity contribution in [2.24, 2.45) is 11.8 Å². The molecular formula is C24H28N2O4. The van der Waals surface area contributed by atoms with Gasteiger partial charge in [0.25, 0.3) is 0 Å². The van der Waals surface area contributed by atoms with Crippen molar-refractivity contribution < 1.29 is 19.1 Å². The molecule has 1 saturated carbocycles. The van der Waals surface area contributed by atoms with Gasteiger partial charge in [-0.05, 0) is 81.1 Å². The number of piperidine rings is 1. The van der Waals surface area contributed by atoms with Crippen LogP contribution in [-0.2, 0) is 9.59 Å². The van der Waals surface area contributed by atoms with E-state index in [1.54, 1.807) is 0 Å². The number of likely N-dealkylation sites (tertiary alicyclic amines) is 1. The van der Waals surface area contributed by atoms with Gasteiger partial charge in [-0.1, -0.05) is 0 Å². The van der Waals surface area contributed by atoms with E-state index in [9.17, 15) is 9.59 Å². The molecule has 6 nitrogen and oxygen atoms in total. The average Bonchev–Trinajstić information content (AvgIpc) is 3.62. The van der Waals surface area contributed by atoms with E-state index in [0.717, 1.165) is 49.4 Å². The molecule has 30 heavy (non-hydrogen) atoms. The first-order valence-electron chi connectivity index (χ1n) is 10.7. The fourth-order valence-electron chi connectivity index (χ4n) is 3.74. The first-order chi connectivity index (χ1) is 14.6. The number of nitrogens with one attached hydrogen (secondary N) is 1. The van der Waals surface area contributed by atoms with Crippen molar-refractivity contribution in [3.8, 4) is 17.2 Å². The topological polar surface area (TPSA) is 67.9 Å². The van der Waals surface area contributed by atoms with Crippen LogP contribution in [-0.4, -0.2) is 36.4 Å². The summed E-state index contributed by atoms with van der Waals surface area (Å²) in [6.07, 6.45) is 3.69. The number of nitrogens with zero attached hydrogens (tertiary/aromatic N) is 1. The lowest BCUT2D eigenvalue weighted by Gasteiger charge is -2.32. The van der Waals surface area contributed by atoms with Crippen LogP contribution in [0.25, 0.3) is 0 Å². The number of amides is 2. The summed E-state index contributed by atoms with van der Waals surface area (Å²) >= 11 is 0. The Morgan fingerprint density at radius 2 is 1.57 bits per heavy atom. The highest BCUT2D eigenvalue weighted by Gasteiger charge is 2.36. The average molecular weight is 408 g/mol. The van der Waals surface area contributed by atoms with Gasteiger partial charge in [-0.2, -0.15) is 0 Å². The zero-order chi connectivity index (χ0) is 20.9. The highest BCUT2D eigenvalue weighted by Crippen LogP contribution is 2.33. The molecule has 6 heteroatoms. The lowest BCUT2D eigenvalue weighted by molar-refractivity contribution is -0.135. The molecule has 2 aromatic rings. The van der Waals surface area contributed by atoms with Gasteiger partial charge < -0.3 is 19.7 Å². The largest absolute Gasteiger partial charge is 0.494 e. The second kappa shape index (κ2) is 9.20. The predicted molar refractivity (Wildman–Crippen MR) is 115 cm³/mol. The first kappa shape index (κ1) is 20.3. The van der Waals surface area contributed by atoms with Crippen LogP contribution < -0.4 is 14.8 Å². The van der Waals surface area contributed by atoms with Crippen LogP contribution >= 0.6 is 0 Å². The molecule has 0 spiro atoms. The molecule has 1 aliphatic carbocycles. The molecule has 158 valence electrons. The van der Waals surface area contributed by atoms with Gasteiger partial charge in [-0.25, -0.2) is 0 Å². The van der Waals surface area contributed by atoms with Gasteiger partial charge >= 0.3 is 0 Å². The van der Waals surface area contributed by atoms with E-state index in [4.69, 9.17) is 9.47 Å². The number of carbonyl (C=O) groups is 2. The summed E-state index contributed by atoms with van der Waals surface area (Å²) in [7, 11) is 0. The van der Waals surface area contributed by atoms with E-state index >= 15 is 0 Å². The molecule has 1 saturated heterocycles. The molecule has 0 aromatic heterocycles. The van der Waals surface area contributed by atoms with Gasteiger partial charge in [-0.15, -0.1) is 0 Å². The summed E-state index contributed by atoms with van der Waals surface area (Å²) in [5, 5.41) is 2.98. The van der Waals surface area contributed by atoms with Crippen molar-refractivity contribution in [1.82, 2.24) is 4.90 Å². The smallest absolute Gasteiger partial charge is 0.229 e. The minimum absolute atomic E-state index is 0.0246. The number of anilines is 1. The molecule has 4 rings (SSSR count). The maximum atomic E-state index is 12.7. The SMILES string of the molecule is CCOc1ccc(Oc2ccc(NC(=O)C3CCCN(C(=O)C4CC4)C3)cc2)cc1. The summed E-state index contributed by atoms with van der Waals surface area (Å²) in [6, 6.07) is 14.8. The van der Waals surface area contributed by atoms with Crippen LogP contribution in [0, 0.1) is 11.8 Å². The van der Waals surface area contributed by atoms with Crippen molar-refractivity contribution in [2.45, 2.75) is 32.6 Å². The second-order valence-electron chi connectivity index (χ2n) is 7.92. The Morgan fingerprint density at radius 1 is 0.933 bits per heavy atom. The second-order valence-corrected chi connectivity index (χ2v) is 7.92. The van der Waals surface area contributed by atoms with Gasteiger partial charge in [-0.3, -0.25) is 9.59 Å². The van der Waals surface area contributed by atoms with Crippen molar-refractivity contribution in [3.63, 3.8) is 0 Å².